The molecule has 0 radical (unpaired) electrons. The molecule has 0 N–H and O–H groups in total. The summed E-state index contributed by atoms with van der Waals surface area (Å²) in [7, 11) is -1.40. The van der Waals surface area contributed by atoms with Gasteiger partial charge < -0.3 is 13.9 Å². The number of methoxy groups -OCH3 is 1. The number of benzene rings is 2. The first kappa shape index (κ1) is 25.2. The third-order valence-electron chi connectivity index (χ3n) is 6.71. The van der Waals surface area contributed by atoms with Gasteiger partial charge in [0.1, 0.15) is 6.10 Å². The second-order valence-electron chi connectivity index (χ2n) is 10.2. The van der Waals surface area contributed by atoms with Crippen molar-refractivity contribution in [2.24, 2.45) is 17.8 Å². The first-order valence-electron chi connectivity index (χ1n) is 11.6. The topological polar surface area (TPSA) is 61.8 Å². The van der Waals surface area contributed by atoms with E-state index in [1.807, 2.05) is 50.2 Å². The highest BCUT2D eigenvalue weighted by Gasteiger charge is 2.53. The van der Waals surface area contributed by atoms with Gasteiger partial charge >= 0.3 is 11.9 Å². The number of hydrogen-bond acceptors (Lipinski definition) is 5. The molecule has 3 atom stereocenters. The predicted octanol–water partition coefficient (Wildman–Crippen LogP) is 3.94. The van der Waals surface area contributed by atoms with E-state index in [1.165, 1.54) is 7.11 Å². The molecule has 2 aromatic carbocycles. The fourth-order valence-electron chi connectivity index (χ4n) is 5.15. The minimum Gasteiger partial charge on any atom is -0.469 e. The third kappa shape index (κ3) is 5.07. The van der Waals surface area contributed by atoms with E-state index in [1.54, 1.807) is 0 Å². The largest absolute Gasteiger partial charge is 0.469 e. The molecule has 1 heterocycles. The molecule has 0 amide bonds. The van der Waals surface area contributed by atoms with Crippen molar-refractivity contribution in [1.29, 1.82) is 0 Å². The molecule has 3 rings (SSSR count). The van der Waals surface area contributed by atoms with Crippen LogP contribution in [0.4, 0.5) is 0 Å². The Bertz CT molecular complexity index is 896. The van der Waals surface area contributed by atoms with Crippen LogP contribution in [0.15, 0.2) is 60.7 Å². The van der Waals surface area contributed by atoms with Gasteiger partial charge in [0.05, 0.1) is 26.1 Å². The molecule has 1 aliphatic heterocycles. The zero-order chi connectivity index (χ0) is 24.2. The number of carbonyl (C=O) groups is 2. The molecular formula is C27H36O5Si. The Hall–Kier alpha value is -2.44. The number of hydrogen-bond donors (Lipinski definition) is 0. The van der Waals surface area contributed by atoms with Crippen molar-refractivity contribution in [3.05, 3.63) is 60.7 Å². The van der Waals surface area contributed by atoms with Crippen molar-refractivity contribution in [2.45, 2.75) is 52.2 Å². The Labute approximate surface area is 198 Å². The maximum absolute atomic E-state index is 12.7. The molecule has 6 heteroatoms. The molecule has 33 heavy (non-hydrogen) atoms. The summed E-state index contributed by atoms with van der Waals surface area (Å²) >= 11 is 0. The van der Waals surface area contributed by atoms with Gasteiger partial charge in [0, 0.05) is 5.92 Å². The number of esters is 2. The van der Waals surface area contributed by atoms with Crippen LogP contribution >= 0.6 is 0 Å². The number of carbonyl (C=O) groups excluding carboxylic acids is 2. The monoisotopic (exact) mass is 468 g/mol. The molecule has 2 aromatic rings. The highest BCUT2D eigenvalue weighted by atomic mass is 28.4. The van der Waals surface area contributed by atoms with Crippen LogP contribution < -0.4 is 10.4 Å². The van der Waals surface area contributed by atoms with Gasteiger partial charge in [-0.3, -0.25) is 9.59 Å². The lowest BCUT2D eigenvalue weighted by Gasteiger charge is -2.43. The second kappa shape index (κ2) is 10.2. The Morgan fingerprint density at radius 3 is 1.94 bits per heavy atom. The van der Waals surface area contributed by atoms with Crippen molar-refractivity contribution >= 4 is 30.6 Å². The van der Waals surface area contributed by atoms with E-state index in [9.17, 15) is 9.59 Å². The van der Waals surface area contributed by atoms with Crippen LogP contribution in [0.5, 0.6) is 0 Å². The summed E-state index contributed by atoms with van der Waals surface area (Å²) in [5.74, 6) is -1.15. The first-order chi connectivity index (χ1) is 15.6. The van der Waals surface area contributed by atoms with Gasteiger partial charge in [-0.05, 0) is 21.3 Å². The van der Waals surface area contributed by atoms with Crippen molar-refractivity contribution < 1.29 is 23.5 Å². The average Bonchev–Trinajstić information content (AvgIpc) is 3.09. The van der Waals surface area contributed by atoms with E-state index in [0.29, 0.717) is 0 Å². The Morgan fingerprint density at radius 1 is 1.00 bits per heavy atom. The molecule has 0 unspecified atom stereocenters. The van der Waals surface area contributed by atoms with E-state index in [4.69, 9.17) is 13.9 Å². The van der Waals surface area contributed by atoms with E-state index in [2.05, 4.69) is 45.0 Å². The van der Waals surface area contributed by atoms with Crippen LogP contribution in [-0.2, 0) is 23.5 Å². The summed E-state index contributed by atoms with van der Waals surface area (Å²) in [5.41, 5.74) is 0. The molecular weight excluding hydrogens is 432 g/mol. The Kier molecular flexibility index (Phi) is 7.80. The average molecular weight is 469 g/mol. The van der Waals surface area contributed by atoms with E-state index in [0.717, 1.165) is 10.4 Å². The van der Waals surface area contributed by atoms with Crippen LogP contribution in [0.2, 0.25) is 5.04 Å². The molecule has 1 saturated heterocycles. The minimum atomic E-state index is -2.77. The molecule has 0 saturated carbocycles. The fraction of sp³-hybridized carbons (Fsp3) is 0.481. The molecule has 5 nitrogen and oxygen atoms in total. The lowest BCUT2D eigenvalue weighted by atomic mass is 9.81. The Balaban J connectivity index is 2.02. The van der Waals surface area contributed by atoms with Crippen molar-refractivity contribution in [2.75, 3.05) is 13.7 Å². The summed E-state index contributed by atoms with van der Waals surface area (Å²) in [6.45, 7) is 10.8. The van der Waals surface area contributed by atoms with Gasteiger partial charge in [0.2, 0.25) is 0 Å². The van der Waals surface area contributed by atoms with Crippen molar-refractivity contribution in [3.8, 4) is 0 Å². The predicted molar refractivity (Wildman–Crippen MR) is 132 cm³/mol. The number of ether oxygens (including phenoxy) is 2. The highest BCUT2D eigenvalue weighted by molar-refractivity contribution is 6.99. The Morgan fingerprint density at radius 2 is 1.52 bits per heavy atom. The standard InChI is InChI=1S/C27H36O5Si/c1-19(2)25-22(17-24(28)30-6)23(32-26(25)29)18-31-33(27(3,4)5,20-13-9-7-10-14-20)21-15-11-8-12-16-21/h7-16,19,22-23,25H,17-18H2,1-6H3/t22-,23-,25-/m0/s1. The lowest BCUT2D eigenvalue weighted by molar-refractivity contribution is -0.146. The molecule has 1 fully saturated rings. The maximum atomic E-state index is 12.7. The van der Waals surface area contributed by atoms with Gasteiger partial charge in [-0.25, -0.2) is 0 Å². The number of rotatable bonds is 8. The van der Waals surface area contributed by atoms with Gasteiger partial charge in [-0.1, -0.05) is 95.3 Å². The second-order valence-corrected chi connectivity index (χ2v) is 14.5. The summed E-state index contributed by atoms with van der Waals surface area (Å²) in [6.07, 6.45) is -0.356. The van der Waals surface area contributed by atoms with Crippen LogP contribution in [0, 0.1) is 17.8 Å². The van der Waals surface area contributed by atoms with Crippen LogP contribution in [0.25, 0.3) is 0 Å². The number of cyclic esters (lactones) is 1. The van der Waals surface area contributed by atoms with Crippen molar-refractivity contribution in [1.82, 2.24) is 0 Å². The molecule has 0 bridgehead atoms. The molecule has 1 aliphatic rings. The zero-order valence-electron chi connectivity index (χ0n) is 20.5. The molecule has 0 aromatic heterocycles. The normalized spacial score (nSPS) is 21.2. The summed E-state index contributed by atoms with van der Waals surface area (Å²) < 4.78 is 17.7. The molecule has 178 valence electrons. The van der Waals surface area contributed by atoms with Crippen molar-refractivity contribution in [3.63, 3.8) is 0 Å². The van der Waals surface area contributed by atoms with E-state index < -0.39 is 14.4 Å². The van der Waals surface area contributed by atoms with Gasteiger partial charge in [-0.15, -0.1) is 0 Å². The highest BCUT2D eigenvalue weighted by Crippen LogP contribution is 2.40. The smallest absolute Gasteiger partial charge is 0.310 e. The minimum absolute atomic E-state index is 0.0602. The molecule has 0 spiro atoms. The quantitative estimate of drug-likeness (QED) is 0.434. The first-order valence-corrected chi connectivity index (χ1v) is 13.5. The molecule has 0 aliphatic carbocycles. The zero-order valence-corrected chi connectivity index (χ0v) is 21.5. The van der Waals surface area contributed by atoms with Crippen LogP contribution in [0.3, 0.4) is 0 Å². The SMILES string of the molecule is COC(=O)C[C@H]1[C@H](CO[Si](c2ccccc2)(c2ccccc2)C(C)(C)C)OC(=O)[C@H]1C(C)C. The van der Waals surface area contributed by atoms with Crippen LogP contribution in [0.1, 0.15) is 41.0 Å². The van der Waals surface area contributed by atoms with Gasteiger partial charge in [-0.2, -0.15) is 0 Å². The fourth-order valence-corrected chi connectivity index (χ4v) is 9.72. The summed E-state index contributed by atoms with van der Waals surface area (Å²) in [4.78, 5) is 24.9. The van der Waals surface area contributed by atoms with Crippen LogP contribution in [-0.4, -0.2) is 40.1 Å². The van der Waals surface area contributed by atoms with E-state index in [-0.39, 0.29) is 47.8 Å². The van der Waals surface area contributed by atoms with Gasteiger partial charge in [0.15, 0.2) is 0 Å². The lowest BCUT2D eigenvalue weighted by Crippen LogP contribution is -2.67. The third-order valence-corrected chi connectivity index (χ3v) is 11.7. The summed E-state index contributed by atoms with van der Waals surface area (Å²) in [6, 6.07) is 20.7. The van der Waals surface area contributed by atoms with Gasteiger partial charge in [0.25, 0.3) is 8.32 Å². The summed E-state index contributed by atoms with van der Waals surface area (Å²) in [5, 5.41) is 2.14. The maximum Gasteiger partial charge on any atom is 0.310 e. The van der Waals surface area contributed by atoms with E-state index >= 15 is 0 Å².